The molecule has 0 aromatic heterocycles. The van der Waals surface area contributed by atoms with Gasteiger partial charge in [0.05, 0.1) is 5.92 Å². The van der Waals surface area contributed by atoms with Crippen LogP contribution in [0.3, 0.4) is 0 Å². The third-order valence-electron chi connectivity index (χ3n) is 3.51. The number of aryl methyl sites for hydroxylation is 1. The highest BCUT2D eigenvalue weighted by molar-refractivity contribution is 5.89. The molecule has 3 amide bonds. The van der Waals surface area contributed by atoms with Crippen LogP contribution >= 0.6 is 0 Å². The molecule has 1 fully saturated rings. The van der Waals surface area contributed by atoms with Gasteiger partial charge in [0.15, 0.2) is 0 Å². The lowest BCUT2D eigenvalue weighted by Crippen LogP contribution is -2.37. The molecule has 3 N–H and O–H groups in total. The molecule has 1 saturated heterocycles. The number of carboxylic acids is 1. The molecule has 2 rings (SSSR count). The van der Waals surface area contributed by atoms with Crippen LogP contribution in [0.4, 0.5) is 10.5 Å². The van der Waals surface area contributed by atoms with Crippen molar-refractivity contribution in [3.63, 3.8) is 0 Å². The molecule has 7 heteroatoms. The van der Waals surface area contributed by atoms with Crippen molar-refractivity contribution < 1.29 is 19.5 Å². The predicted molar refractivity (Wildman–Crippen MR) is 80.5 cm³/mol. The second-order valence-corrected chi connectivity index (χ2v) is 5.33. The highest BCUT2D eigenvalue weighted by Crippen LogP contribution is 2.17. The Bertz CT molecular complexity index is 588. The molecule has 1 aromatic rings. The van der Waals surface area contributed by atoms with Crippen molar-refractivity contribution in [1.29, 1.82) is 0 Å². The molecule has 1 heterocycles. The topological polar surface area (TPSA) is 98.7 Å². The van der Waals surface area contributed by atoms with Crippen LogP contribution in [0.15, 0.2) is 24.3 Å². The van der Waals surface area contributed by atoms with E-state index in [4.69, 9.17) is 5.11 Å². The molecular formula is C15H19N3O4. The van der Waals surface area contributed by atoms with Gasteiger partial charge in [-0.2, -0.15) is 0 Å². The van der Waals surface area contributed by atoms with Gasteiger partial charge >= 0.3 is 12.0 Å². The Labute approximate surface area is 128 Å². The quantitative estimate of drug-likeness (QED) is 0.757. The summed E-state index contributed by atoms with van der Waals surface area (Å²) in [7, 11) is 0. The van der Waals surface area contributed by atoms with E-state index in [1.165, 1.54) is 4.90 Å². The van der Waals surface area contributed by atoms with Crippen LogP contribution in [0, 0.1) is 12.8 Å². The average Bonchev–Trinajstić information content (AvgIpc) is 2.80. The molecular weight excluding hydrogens is 286 g/mol. The molecule has 1 unspecified atom stereocenters. The Balaban J connectivity index is 1.73. The maximum Gasteiger partial charge on any atom is 0.319 e. The summed E-state index contributed by atoms with van der Waals surface area (Å²) in [6.07, 6.45) is 0.0326. The molecule has 0 bridgehead atoms. The second-order valence-electron chi connectivity index (χ2n) is 5.33. The van der Waals surface area contributed by atoms with E-state index in [0.717, 1.165) is 5.56 Å². The van der Waals surface area contributed by atoms with Crippen molar-refractivity contribution in [3.8, 4) is 0 Å². The van der Waals surface area contributed by atoms with Crippen molar-refractivity contribution in [2.24, 2.45) is 5.92 Å². The summed E-state index contributed by atoms with van der Waals surface area (Å²) in [5, 5.41) is 14.2. The summed E-state index contributed by atoms with van der Waals surface area (Å²) < 4.78 is 0. The predicted octanol–water partition coefficient (Wildman–Crippen LogP) is 1.05. The lowest BCUT2D eigenvalue weighted by Gasteiger charge is -2.16. The Morgan fingerprint density at radius 2 is 2.18 bits per heavy atom. The number of rotatable bonds is 5. The van der Waals surface area contributed by atoms with Crippen molar-refractivity contribution >= 4 is 23.6 Å². The van der Waals surface area contributed by atoms with E-state index in [-0.39, 0.29) is 31.4 Å². The van der Waals surface area contributed by atoms with Crippen LogP contribution in [-0.4, -0.2) is 47.5 Å². The van der Waals surface area contributed by atoms with Crippen molar-refractivity contribution in [2.45, 2.75) is 13.3 Å². The van der Waals surface area contributed by atoms with Crippen molar-refractivity contribution in [1.82, 2.24) is 10.2 Å². The van der Waals surface area contributed by atoms with Gasteiger partial charge < -0.3 is 20.6 Å². The summed E-state index contributed by atoms with van der Waals surface area (Å²) in [5.41, 5.74) is 1.74. The molecule has 1 atom stereocenters. The normalized spacial score (nSPS) is 17.4. The number of likely N-dealkylation sites (tertiary alicyclic amines) is 1. The van der Waals surface area contributed by atoms with E-state index >= 15 is 0 Å². The number of anilines is 1. The Hall–Kier alpha value is -2.57. The van der Waals surface area contributed by atoms with E-state index in [9.17, 15) is 14.4 Å². The third kappa shape index (κ3) is 4.21. The summed E-state index contributed by atoms with van der Waals surface area (Å²) in [6.45, 7) is 2.72. The molecule has 0 aliphatic carbocycles. The van der Waals surface area contributed by atoms with Gasteiger partial charge in [-0.05, 0) is 24.6 Å². The van der Waals surface area contributed by atoms with Gasteiger partial charge in [0.25, 0.3) is 0 Å². The van der Waals surface area contributed by atoms with Crippen LogP contribution in [-0.2, 0) is 9.59 Å². The van der Waals surface area contributed by atoms with Gasteiger partial charge in [-0.15, -0.1) is 0 Å². The molecule has 1 aliphatic rings. The SMILES string of the molecule is Cc1cccc(NC(=O)NCCN2CC(C(=O)O)CC2=O)c1. The van der Waals surface area contributed by atoms with Gasteiger partial charge in [-0.25, -0.2) is 4.79 Å². The average molecular weight is 305 g/mol. The number of carboxylic acid groups (broad SMARTS) is 1. The molecule has 0 radical (unpaired) electrons. The number of hydrogen-bond acceptors (Lipinski definition) is 3. The fraction of sp³-hybridized carbons (Fsp3) is 0.400. The Morgan fingerprint density at radius 1 is 1.41 bits per heavy atom. The van der Waals surface area contributed by atoms with Gasteiger partial charge in [0.2, 0.25) is 5.91 Å². The molecule has 22 heavy (non-hydrogen) atoms. The number of carbonyl (C=O) groups is 3. The molecule has 1 aromatic carbocycles. The lowest BCUT2D eigenvalue weighted by molar-refractivity contribution is -0.141. The maximum atomic E-state index is 11.7. The number of nitrogens with one attached hydrogen (secondary N) is 2. The maximum absolute atomic E-state index is 11.7. The van der Waals surface area contributed by atoms with E-state index in [1.807, 2.05) is 25.1 Å². The number of benzene rings is 1. The fourth-order valence-corrected chi connectivity index (χ4v) is 2.36. The van der Waals surface area contributed by atoms with Crippen LogP contribution < -0.4 is 10.6 Å². The first-order chi connectivity index (χ1) is 10.5. The number of urea groups is 1. The molecule has 0 saturated carbocycles. The monoisotopic (exact) mass is 305 g/mol. The largest absolute Gasteiger partial charge is 0.481 e. The zero-order valence-corrected chi connectivity index (χ0v) is 12.3. The third-order valence-corrected chi connectivity index (χ3v) is 3.51. The van der Waals surface area contributed by atoms with Crippen LogP contribution in [0.25, 0.3) is 0 Å². The van der Waals surface area contributed by atoms with Crippen LogP contribution in [0.5, 0.6) is 0 Å². The zero-order chi connectivity index (χ0) is 16.1. The van der Waals surface area contributed by atoms with Gasteiger partial charge in [0, 0.05) is 31.7 Å². The van der Waals surface area contributed by atoms with Gasteiger partial charge in [0.1, 0.15) is 0 Å². The van der Waals surface area contributed by atoms with Gasteiger partial charge in [-0.1, -0.05) is 12.1 Å². The molecule has 7 nitrogen and oxygen atoms in total. The molecule has 0 spiro atoms. The number of aliphatic carboxylic acids is 1. The smallest absolute Gasteiger partial charge is 0.319 e. The lowest BCUT2D eigenvalue weighted by atomic mass is 10.1. The van der Waals surface area contributed by atoms with Crippen LogP contribution in [0.1, 0.15) is 12.0 Å². The number of hydrogen-bond donors (Lipinski definition) is 3. The minimum Gasteiger partial charge on any atom is -0.481 e. The summed E-state index contributed by atoms with van der Waals surface area (Å²) in [5.74, 6) is -1.79. The summed E-state index contributed by atoms with van der Waals surface area (Å²) in [6, 6.07) is 7.06. The highest BCUT2D eigenvalue weighted by Gasteiger charge is 2.33. The van der Waals surface area contributed by atoms with Crippen molar-refractivity contribution in [2.75, 3.05) is 25.0 Å². The minimum atomic E-state index is -0.957. The first-order valence-corrected chi connectivity index (χ1v) is 7.08. The van der Waals surface area contributed by atoms with E-state index < -0.39 is 11.9 Å². The van der Waals surface area contributed by atoms with E-state index in [0.29, 0.717) is 12.2 Å². The number of amides is 3. The zero-order valence-electron chi connectivity index (χ0n) is 12.3. The number of carbonyl (C=O) groups excluding carboxylic acids is 2. The Kier molecular flexibility index (Phi) is 4.98. The van der Waals surface area contributed by atoms with Gasteiger partial charge in [-0.3, -0.25) is 9.59 Å². The molecule has 118 valence electrons. The minimum absolute atomic E-state index is 0.0326. The first kappa shape index (κ1) is 15.8. The van der Waals surface area contributed by atoms with Crippen LogP contribution in [0.2, 0.25) is 0 Å². The van der Waals surface area contributed by atoms with E-state index in [2.05, 4.69) is 10.6 Å². The van der Waals surface area contributed by atoms with E-state index in [1.54, 1.807) is 6.07 Å². The number of nitrogens with zero attached hydrogens (tertiary/aromatic N) is 1. The highest BCUT2D eigenvalue weighted by atomic mass is 16.4. The van der Waals surface area contributed by atoms with Crippen molar-refractivity contribution in [3.05, 3.63) is 29.8 Å². The Morgan fingerprint density at radius 3 is 2.82 bits per heavy atom. The fourth-order valence-electron chi connectivity index (χ4n) is 2.36. The summed E-state index contributed by atoms with van der Waals surface area (Å²) in [4.78, 5) is 35.7. The molecule has 1 aliphatic heterocycles. The second kappa shape index (κ2) is 6.93. The summed E-state index contributed by atoms with van der Waals surface area (Å²) >= 11 is 0. The standard InChI is InChI=1S/C15H19N3O4/c1-10-3-2-4-12(7-10)17-15(22)16-5-6-18-9-11(14(20)21)8-13(18)19/h2-4,7,11H,5-6,8-9H2,1H3,(H,20,21)(H2,16,17,22). The first-order valence-electron chi connectivity index (χ1n) is 7.08.